The van der Waals surface area contributed by atoms with Gasteiger partial charge in [0.05, 0.1) is 19.3 Å². The molecule has 13 heteroatoms. The molecule has 2 N–H and O–H groups in total. The van der Waals surface area contributed by atoms with Crippen molar-refractivity contribution in [3.05, 3.63) is 45.0 Å². The van der Waals surface area contributed by atoms with Gasteiger partial charge in [-0.05, 0) is 13.8 Å². The molecule has 0 saturated carbocycles. The molecule has 0 unspecified atom stereocenters. The third kappa shape index (κ3) is 3.91. The zero-order valence-corrected chi connectivity index (χ0v) is 19.6. The van der Waals surface area contributed by atoms with Crippen LogP contribution in [0.4, 0.5) is 5.95 Å². The van der Waals surface area contributed by atoms with Crippen molar-refractivity contribution in [1.29, 1.82) is 0 Å². The molecule has 4 rings (SSSR count). The average molecular weight is 476 g/mol. The molecule has 0 bridgehead atoms. The Labute approximate surface area is 192 Å². The van der Waals surface area contributed by atoms with Gasteiger partial charge in [-0.2, -0.15) is 9.97 Å². The fraction of sp³-hybridized carbons (Fsp3) is 0.368. The third-order valence-corrected chi connectivity index (χ3v) is 6.38. The number of thioether (sulfide) groups is 1. The van der Waals surface area contributed by atoms with Gasteiger partial charge in [0.1, 0.15) is 17.6 Å². The van der Waals surface area contributed by atoms with Crippen LogP contribution in [-0.4, -0.2) is 51.7 Å². The van der Waals surface area contributed by atoms with Crippen LogP contribution in [0.1, 0.15) is 16.8 Å². The lowest BCUT2D eigenvalue weighted by Gasteiger charge is -2.12. The van der Waals surface area contributed by atoms with E-state index in [1.54, 1.807) is 24.2 Å². The van der Waals surface area contributed by atoms with Crippen molar-refractivity contribution in [1.82, 2.24) is 38.9 Å². The topological polar surface area (TPSA) is 132 Å². The lowest BCUT2D eigenvalue weighted by Crippen LogP contribution is -2.26. The second-order valence-electron chi connectivity index (χ2n) is 7.18. The molecule has 0 aliphatic heterocycles. The predicted octanol–water partition coefficient (Wildman–Crippen LogP) is 1.82. The van der Waals surface area contributed by atoms with Crippen molar-refractivity contribution >= 4 is 40.5 Å². The maximum atomic E-state index is 13.4. The number of methoxy groups -OCH3 is 1. The largest absolute Gasteiger partial charge is 0.496 e. The monoisotopic (exact) mass is 475 g/mol. The Hall–Kier alpha value is -3.12. The second-order valence-corrected chi connectivity index (χ2v) is 8.60. The lowest BCUT2D eigenvalue weighted by molar-refractivity contribution is 0.406. The van der Waals surface area contributed by atoms with Crippen molar-refractivity contribution in [2.75, 3.05) is 18.6 Å². The van der Waals surface area contributed by atoms with Gasteiger partial charge in [-0.25, -0.2) is 4.79 Å². The summed E-state index contributed by atoms with van der Waals surface area (Å²) in [6, 6.07) is 0. The molecule has 0 aliphatic rings. The number of imidazole rings is 1. The Morgan fingerprint density at radius 2 is 2.03 bits per heavy atom. The number of nitrogens with two attached hydrogens (primary N) is 1. The summed E-state index contributed by atoms with van der Waals surface area (Å²) in [7, 11) is 3.47. The molecule has 0 aromatic carbocycles. The maximum absolute atomic E-state index is 13.4. The molecule has 0 aliphatic carbocycles. The minimum Gasteiger partial charge on any atom is -0.496 e. The first-order valence-corrected chi connectivity index (χ1v) is 11.1. The van der Waals surface area contributed by atoms with E-state index in [9.17, 15) is 4.79 Å². The number of halogens is 1. The highest BCUT2D eigenvalue weighted by atomic mass is 35.5. The van der Waals surface area contributed by atoms with E-state index in [0.717, 1.165) is 22.0 Å². The molecule has 0 spiro atoms. The predicted molar refractivity (Wildman–Crippen MR) is 122 cm³/mol. The van der Waals surface area contributed by atoms with Crippen LogP contribution >= 0.6 is 23.4 Å². The number of rotatable bonds is 7. The lowest BCUT2D eigenvalue weighted by atomic mass is 10.1. The van der Waals surface area contributed by atoms with Crippen molar-refractivity contribution in [3.8, 4) is 5.75 Å². The fourth-order valence-electron chi connectivity index (χ4n) is 3.55. The number of aryl methyl sites for hydroxylation is 3. The molecule has 4 heterocycles. The normalized spacial score (nSPS) is 11.4. The smallest absolute Gasteiger partial charge is 0.330 e. The van der Waals surface area contributed by atoms with Crippen LogP contribution < -0.4 is 16.2 Å². The Balaban J connectivity index is 1.76. The molecule has 168 valence electrons. The molecule has 11 nitrogen and oxygen atoms in total. The molecular weight excluding hydrogens is 454 g/mol. The van der Waals surface area contributed by atoms with Crippen LogP contribution in [0.5, 0.6) is 5.75 Å². The van der Waals surface area contributed by atoms with E-state index >= 15 is 0 Å². The van der Waals surface area contributed by atoms with Crippen LogP contribution in [0, 0.1) is 13.8 Å². The summed E-state index contributed by atoms with van der Waals surface area (Å²) >= 11 is 7.87. The van der Waals surface area contributed by atoms with Gasteiger partial charge in [-0.1, -0.05) is 23.4 Å². The summed E-state index contributed by atoms with van der Waals surface area (Å²) in [5.74, 6) is 1.30. The number of hydrogen-bond acceptors (Lipinski definition) is 9. The highest BCUT2D eigenvalue weighted by Gasteiger charge is 2.21. The summed E-state index contributed by atoms with van der Waals surface area (Å²) in [5.41, 5.74) is 8.81. The summed E-state index contributed by atoms with van der Waals surface area (Å²) in [4.78, 5) is 26.3. The van der Waals surface area contributed by atoms with Crippen LogP contribution in [0.15, 0.2) is 22.5 Å². The molecule has 0 atom stereocenters. The number of hydrogen-bond donors (Lipinski definition) is 1. The first-order valence-electron chi connectivity index (χ1n) is 9.69. The number of ether oxygens (including phenoxy) is 1. The molecule has 4 aromatic heterocycles. The number of aromatic nitrogens is 8. The standard InChI is InChI=1S/C19H22ClN9O2S/c1-10-7-22-12(11(2)14(10)31-4)8-29-16-13(15(20)24-17(21)25-16)28(19(29)30)5-6-32-18-26-23-9-27(18)3/h7,9H,5-6,8H2,1-4H3,(H2,21,24,25). The van der Waals surface area contributed by atoms with Gasteiger partial charge in [0.2, 0.25) is 5.95 Å². The van der Waals surface area contributed by atoms with E-state index in [2.05, 4.69) is 25.1 Å². The maximum Gasteiger partial charge on any atom is 0.330 e. The van der Waals surface area contributed by atoms with E-state index in [-0.39, 0.29) is 23.3 Å². The molecule has 0 saturated heterocycles. The SMILES string of the molecule is COc1c(C)cnc(Cn2c(=O)n(CCSc3nncn3C)c3c(Cl)nc(N)nc32)c1C. The molecular formula is C19H22ClN9O2S. The zero-order chi connectivity index (χ0) is 23.0. The second kappa shape index (κ2) is 8.79. The van der Waals surface area contributed by atoms with Crippen molar-refractivity contribution in [2.24, 2.45) is 7.05 Å². The van der Waals surface area contributed by atoms with Gasteiger partial charge in [0.15, 0.2) is 16.0 Å². The van der Waals surface area contributed by atoms with Gasteiger partial charge >= 0.3 is 5.69 Å². The number of anilines is 1. The van der Waals surface area contributed by atoms with Crippen molar-refractivity contribution in [3.63, 3.8) is 0 Å². The summed E-state index contributed by atoms with van der Waals surface area (Å²) in [5, 5.41) is 8.79. The zero-order valence-electron chi connectivity index (χ0n) is 18.0. The molecule has 0 fully saturated rings. The Morgan fingerprint density at radius 1 is 1.25 bits per heavy atom. The van der Waals surface area contributed by atoms with Gasteiger partial charge in [0, 0.05) is 36.7 Å². The first-order chi connectivity index (χ1) is 15.3. The first kappa shape index (κ1) is 22.1. The van der Waals surface area contributed by atoms with Crippen LogP contribution in [0.25, 0.3) is 11.2 Å². The number of nitrogens with zero attached hydrogens (tertiary/aromatic N) is 8. The number of pyridine rings is 1. The van der Waals surface area contributed by atoms with Gasteiger partial charge in [-0.15, -0.1) is 10.2 Å². The van der Waals surface area contributed by atoms with Gasteiger partial charge in [0.25, 0.3) is 0 Å². The summed E-state index contributed by atoms with van der Waals surface area (Å²) < 4.78 is 10.4. The molecule has 0 amide bonds. The highest BCUT2D eigenvalue weighted by Crippen LogP contribution is 2.26. The van der Waals surface area contributed by atoms with Crippen LogP contribution in [0.3, 0.4) is 0 Å². The van der Waals surface area contributed by atoms with E-state index in [0.29, 0.717) is 29.2 Å². The Bertz CT molecular complexity index is 1360. The molecule has 32 heavy (non-hydrogen) atoms. The number of nitrogen functional groups attached to an aromatic ring is 1. The number of fused-ring (bicyclic) bond motifs is 1. The van der Waals surface area contributed by atoms with E-state index in [4.69, 9.17) is 22.1 Å². The van der Waals surface area contributed by atoms with E-state index in [1.165, 1.54) is 16.3 Å². The van der Waals surface area contributed by atoms with Crippen LogP contribution in [0.2, 0.25) is 5.15 Å². The Kier molecular flexibility index (Phi) is 6.07. The molecule has 0 radical (unpaired) electrons. The highest BCUT2D eigenvalue weighted by molar-refractivity contribution is 7.99. The summed E-state index contributed by atoms with van der Waals surface area (Å²) in [6.07, 6.45) is 3.35. The van der Waals surface area contributed by atoms with E-state index in [1.807, 2.05) is 25.5 Å². The van der Waals surface area contributed by atoms with Gasteiger partial charge < -0.3 is 15.0 Å². The third-order valence-electron chi connectivity index (χ3n) is 5.10. The average Bonchev–Trinajstić information content (AvgIpc) is 3.26. The minimum absolute atomic E-state index is 0.00646. The van der Waals surface area contributed by atoms with Gasteiger partial charge in [-0.3, -0.25) is 14.1 Å². The van der Waals surface area contributed by atoms with E-state index < -0.39 is 0 Å². The van der Waals surface area contributed by atoms with Crippen LogP contribution in [-0.2, 0) is 20.1 Å². The fourth-order valence-corrected chi connectivity index (χ4v) is 4.63. The summed E-state index contributed by atoms with van der Waals surface area (Å²) in [6.45, 7) is 4.39. The quantitative estimate of drug-likeness (QED) is 0.314. The van der Waals surface area contributed by atoms with Crippen molar-refractivity contribution in [2.45, 2.75) is 32.1 Å². The minimum atomic E-state index is -0.277. The van der Waals surface area contributed by atoms with Crippen molar-refractivity contribution < 1.29 is 4.74 Å². The molecule has 4 aromatic rings. The Morgan fingerprint density at radius 3 is 2.72 bits per heavy atom.